The third kappa shape index (κ3) is 2.68. The first kappa shape index (κ1) is 26.0. The third-order valence-electron chi connectivity index (χ3n) is 11.8. The van der Waals surface area contributed by atoms with Gasteiger partial charge < -0.3 is 38.8 Å². The van der Waals surface area contributed by atoms with Gasteiger partial charge in [-0.3, -0.25) is 9.59 Å². The first-order valence-electron chi connectivity index (χ1n) is 13.5. The van der Waals surface area contributed by atoms with E-state index in [1.807, 2.05) is 0 Å². The van der Waals surface area contributed by atoms with Crippen LogP contribution >= 0.6 is 0 Å². The van der Waals surface area contributed by atoms with Crippen molar-refractivity contribution in [2.45, 2.75) is 81.2 Å². The summed E-state index contributed by atoms with van der Waals surface area (Å²) in [5.41, 5.74) is -4.80. The van der Waals surface area contributed by atoms with Crippen molar-refractivity contribution in [3.63, 3.8) is 0 Å². The molecule has 0 radical (unpaired) electrons. The molecule has 6 rings (SSSR count). The van der Waals surface area contributed by atoms with Crippen molar-refractivity contribution in [2.75, 3.05) is 41.6 Å². The van der Waals surface area contributed by atoms with Gasteiger partial charge in [0.15, 0.2) is 0 Å². The van der Waals surface area contributed by atoms with Gasteiger partial charge in [0.05, 0.1) is 37.1 Å². The fraction of sp³-hybridized carbons (Fsp3) is 0.926. The molecule has 10 heteroatoms. The zero-order chi connectivity index (χ0) is 26.7. The second kappa shape index (κ2) is 8.11. The lowest BCUT2D eigenvalue weighted by molar-refractivity contribution is -0.317. The number of amides is 1. The molecular weight excluding hydrogens is 482 g/mol. The summed E-state index contributed by atoms with van der Waals surface area (Å²) in [6.45, 7) is 3.34. The first-order chi connectivity index (χ1) is 17.5. The van der Waals surface area contributed by atoms with E-state index in [0.29, 0.717) is 19.4 Å². The van der Waals surface area contributed by atoms with Crippen LogP contribution < -0.4 is 0 Å². The van der Waals surface area contributed by atoms with E-state index in [0.717, 1.165) is 6.42 Å². The van der Waals surface area contributed by atoms with Crippen LogP contribution in [0.1, 0.15) is 39.5 Å². The summed E-state index contributed by atoms with van der Waals surface area (Å²) >= 11 is 0. The second-order valence-electron chi connectivity index (χ2n) is 12.5. The summed E-state index contributed by atoms with van der Waals surface area (Å²) in [6, 6.07) is -0.721. The first-order valence-corrected chi connectivity index (χ1v) is 13.5. The summed E-state index contributed by atoms with van der Waals surface area (Å²) in [5.74, 6) is -1.34. The molecule has 208 valence electrons. The maximum Gasteiger partial charge on any atom is 0.302 e. The van der Waals surface area contributed by atoms with Gasteiger partial charge in [0.1, 0.15) is 11.2 Å². The Morgan fingerprint density at radius 3 is 2.32 bits per heavy atom. The van der Waals surface area contributed by atoms with E-state index in [2.05, 4.69) is 0 Å². The molecule has 0 aromatic rings. The van der Waals surface area contributed by atoms with Crippen molar-refractivity contribution in [1.82, 2.24) is 4.90 Å². The number of hydrogen-bond donors (Lipinski definition) is 2. The van der Waals surface area contributed by atoms with Gasteiger partial charge in [-0.25, -0.2) is 0 Å². The zero-order valence-electron chi connectivity index (χ0n) is 22.6. The standard InChI is InChI=1S/C27H41NO9/c1-13(29)28-11-24(12-37-14(2)30)8-7-18(34-4)26-16-9-15-17(33-3)10-25(31,19(16)20(15)35-5)27(32,23(26)28)22(36-6)21(24)26/h15-23,31-32H,7-12H2,1-6H3/t15-,16-,17+,18+,19-,20+,21-,22+,23-,24+,25-,26+,27+/m1/s1. The Morgan fingerprint density at radius 2 is 1.76 bits per heavy atom. The van der Waals surface area contributed by atoms with E-state index in [9.17, 15) is 19.8 Å². The van der Waals surface area contributed by atoms with E-state index in [4.69, 9.17) is 23.7 Å². The lowest BCUT2D eigenvalue weighted by Crippen LogP contribution is -2.82. The lowest BCUT2D eigenvalue weighted by Gasteiger charge is -2.69. The van der Waals surface area contributed by atoms with Gasteiger partial charge >= 0.3 is 5.97 Å². The number of aliphatic hydroxyl groups is 2. The molecule has 2 N–H and O–H groups in total. The van der Waals surface area contributed by atoms with Gasteiger partial charge in [-0.2, -0.15) is 0 Å². The Morgan fingerprint density at radius 1 is 1.03 bits per heavy atom. The molecule has 10 nitrogen and oxygen atoms in total. The molecule has 1 heterocycles. The maximum atomic E-state index is 13.4. The van der Waals surface area contributed by atoms with Crippen LogP contribution in [0.5, 0.6) is 0 Å². The van der Waals surface area contributed by atoms with E-state index < -0.39 is 34.2 Å². The van der Waals surface area contributed by atoms with Crippen LogP contribution in [-0.2, 0) is 33.3 Å². The molecule has 5 aliphatic carbocycles. The fourth-order valence-corrected chi connectivity index (χ4v) is 11.1. The molecule has 7 bridgehead atoms. The molecule has 6 fully saturated rings. The van der Waals surface area contributed by atoms with Gasteiger partial charge in [-0.1, -0.05) is 0 Å². The van der Waals surface area contributed by atoms with E-state index >= 15 is 0 Å². The number of fused-ring (bicyclic) bond motifs is 2. The molecule has 6 aliphatic rings. The van der Waals surface area contributed by atoms with Crippen molar-refractivity contribution in [2.24, 2.45) is 34.5 Å². The number of ether oxygens (including phenoxy) is 5. The number of likely N-dealkylation sites (tertiary alicyclic amines) is 1. The molecule has 1 aliphatic heterocycles. The minimum Gasteiger partial charge on any atom is -0.465 e. The minimum atomic E-state index is -1.80. The summed E-state index contributed by atoms with van der Waals surface area (Å²) in [6.07, 6.45) is 0.568. The van der Waals surface area contributed by atoms with Gasteiger partial charge in [-0.15, -0.1) is 0 Å². The Balaban J connectivity index is 1.67. The van der Waals surface area contributed by atoms with Crippen LogP contribution in [0.4, 0.5) is 0 Å². The number of hydrogen-bond acceptors (Lipinski definition) is 9. The molecule has 13 atom stereocenters. The molecule has 1 spiro atoms. The number of piperidine rings is 1. The summed E-state index contributed by atoms with van der Waals surface area (Å²) in [7, 11) is 6.56. The number of rotatable bonds is 6. The van der Waals surface area contributed by atoms with Crippen LogP contribution in [0.3, 0.4) is 0 Å². The summed E-state index contributed by atoms with van der Waals surface area (Å²) in [5, 5.41) is 25.9. The van der Waals surface area contributed by atoms with Gasteiger partial charge in [0.2, 0.25) is 5.91 Å². The van der Waals surface area contributed by atoms with Crippen LogP contribution in [0.15, 0.2) is 0 Å². The average molecular weight is 524 g/mol. The molecule has 37 heavy (non-hydrogen) atoms. The Labute approximate surface area is 217 Å². The molecule has 1 saturated heterocycles. The van der Waals surface area contributed by atoms with Gasteiger partial charge in [0.25, 0.3) is 0 Å². The van der Waals surface area contributed by atoms with E-state index in [1.54, 1.807) is 33.3 Å². The molecule has 1 amide bonds. The number of nitrogens with zero attached hydrogens (tertiary/aromatic N) is 1. The number of methoxy groups -OCH3 is 4. The molecule has 0 aromatic heterocycles. The van der Waals surface area contributed by atoms with Gasteiger partial charge in [-0.05, 0) is 25.2 Å². The topological polar surface area (TPSA) is 124 Å². The Kier molecular flexibility index (Phi) is 5.69. The van der Waals surface area contributed by atoms with Crippen LogP contribution in [0, 0.1) is 34.5 Å². The van der Waals surface area contributed by atoms with Crippen molar-refractivity contribution >= 4 is 11.9 Å². The van der Waals surface area contributed by atoms with Crippen molar-refractivity contribution in [3.8, 4) is 0 Å². The van der Waals surface area contributed by atoms with Crippen molar-refractivity contribution < 1.29 is 43.5 Å². The molecule has 0 unspecified atom stereocenters. The largest absolute Gasteiger partial charge is 0.465 e. The monoisotopic (exact) mass is 523 g/mol. The quantitative estimate of drug-likeness (QED) is 0.475. The van der Waals surface area contributed by atoms with Crippen LogP contribution in [-0.4, -0.2) is 110 Å². The summed E-state index contributed by atoms with van der Waals surface area (Å²) in [4.78, 5) is 27.2. The molecule has 5 saturated carbocycles. The Bertz CT molecular complexity index is 993. The lowest BCUT2D eigenvalue weighted by atomic mass is 9.42. The van der Waals surface area contributed by atoms with E-state index in [1.165, 1.54) is 13.8 Å². The van der Waals surface area contributed by atoms with E-state index in [-0.39, 0.29) is 66.9 Å². The average Bonchev–Trinajstić information content (AvgIpc) is 3.27. The number of carbonyl (C=O) groups excluding carboxylic acids is 2. The highest BCUT2D eigenvalue weighted by molar-refractivity contribution is 5.75. The Hall–Kier alpha value is -1.30. The summed E-state index contributed by atoms with van der Waals surface area (Å²) < 4.78 is 30.1. The second-order valence-corrected chi connectivity index (χ2v) is 12.5. The fourth-order valence-electron chi connectivity index (χ4n) is 11.1. The third-order valence-corrected chi connectivity index (χ3v) is 11.8. The van der Waals surface area contributed by atoms with Crippen molar-refractivity contribution in [1.29, 1.82) is 0 Å². The highest BCUT2D eigenvalue weighted by atomic mass is 16.5. The zero-order valence-corrected chi connectivity index (χ0v) is 22.6. The maximum absolute atomic E-state index is 13.4. The highest BCUT2D eigenvalue weighted by Gasteiger charge is 2.92. The predicted molar refractivity (Wildman–Crippen MR) is 128 cm³/mol. The molecular formula is C27H41NO9. The number of carbonyl (C=O) groups is 2. The minimum absolute atomic E-state index is 0.0393. The van der Waals surface area contributed by atoms with Crippen molar-refractivity contribution in [3.05, 3.63) is 0 Å². The predicted octanol–water partition coefficient (Wildman–Crippen LogP) is 0.368. The van der Waals surface area contributed by atoms with Gasteiger partial charge in [0, 0.05) is 83.8 Å². The highest BCUT2D eigenvalue weighted by Crippen LogP contribution is 2.80. The van der Waals surface area contributed by atoms with Crippen LogP contribution in [0.25, 0.3) is 0 Å². The smallest absolute Gasteiger partial charge is 0.302 e. The van der Waals surface area contributed by atoms with Crippen LogP contribution in [0.2, 0.25) is 0 Å². The SMILES string of the molecule is CO[C@H]1[C@@H]2C[C@@H]3[C@H]1[C@](O)(C[C@@H]2OC)[C@@]1(O)[C@@H]2N(C(C)=O)C[C@]4(COC(C)=O)CC[C@H](OC)[C@]32[C@@H]4[C@@H]1OC. The molecule has 0 aromatic carbocycles. The normalized spacial score (nSPS) is 54.8. The number of esters is 1.